The Labute approximate surface area is 125 Å². The summed E-state index contributed by atoms with van der Waals surface area (Å²) in [6.45, 7) is 2.05. The van der Waals surface area contributed by atoms with Crippen molar-refractivity contribution in [3.63, 3.8) is 0 Å². The Kier molecular flexibility index (Phi) is 3.39. The molecule has 7 nitrogen and oxygen atoms in total. The minimum absolute atomic E-state index is 0.0149. The number of aromatic nitrogens is 3. The lowest BCUT2D eigenvalue weighted by Gasteiger charge is -2.34. The van der Waals surface area contributed by atoms with Gasteiger partial charge in [0.2, 0.25) is 10.6 Å². The van der Waals surface area contributed by atoms with E-state index in [9.17, 15) is 4.79 Å². The highest BCUT2D eigenvalue weighted by Gasteiger charge is 2.46. The van der Waals surface area contributed by atoms with Gasteiger partial charge in [-0.25, -0.2) is 14.8 Å². The van der Waals surface area contributed by atoms with Crippen LogP contribution in [0.1, 0.15) is 13.3 Å². The lowest BCUT2D eigenvalue weighted by molar-refractivity contribution is 0.102. The summed E-state index contributed by atoms with van der Waals surface area (Å²) in [5, 5.41) is 3.09. The standard InChI is InChI=1S/C11H11Cl2N5O2/c1-2-20-11(19)18-7-4-3-6(5-7)17(18)10-15-8(12)14-9(13)16-10/h3-4,6-7H,2,5H2,1H3. The topological polar surface area (TPSA) is 71.5 Å². The highest BCUT2D eigenvalue weighted by Crippen LogP contribution is 2.35. The molecule has 1 fully saturated rings. The predicted molar refractivity (Wildman–Crippen MR) is 72.5 cm³/mol. The number of carbonyl (C=O) groups excluding carboxylic acids is 1. The molecule has 1 aromatic rings. The molecular weight excluding hydrogens is 305 g/mol. The molecule has 2 heterocycles. The van der Waals surface area contributed by atoms with Crippen LogP contribution in [0.3, 0.4) is 0 Å². The largest absolute Gasteiger partial charge is 0.448 e. The van der Waals surface area contributed by atoms with Crippen molar-refractivity contribution in [2.24, 2.45) is 0 Å². The van der Waals surface area contributed by atoms with Crippen molar-refractivity contribution >= 4 is 35.2 Å². The zero-order valence-electron chi connectivity index (χ0n) is 10.5. The number of rotatable bonds is 2. The molecule has 3 rings (SSSR count). The number of anilines is 1. The van der Waals surface area contributed by atoms with Gasteiger partial charge < -0.3 is 4.74 Å². The lowest BCUT2D eigenvalue weighted by Crippen LogP contribution is -2.50. The average Bonchev–Trinajstić information content (AvgIpc) is 2.97. The summed E-state index contributed by atoms with van der Waals surface area (Å²) in [6, 6.07) is -0.0766. The zero-order valence-corrected chi connectivity index (χ0v) is 12.0. The second-order valence-corrected chi connectivity index (χ2v) is 4.99. The number of amides is 1. The summed E-state index contributed by atoms with van der Waals surface area (Å²) < 4.78 is 5.06. The number of carbonyl (C=O) groups is 1. The van der Waals surface area contributed by atoms with Crippen molar-refractivity contribution in [2.45, 2.75) is 25.4 Å². The maximum absolute atomic E-state index is 12.1. The summed E-state index contributed by atoms with van der Waals surface area (Å²) in [6.07, 6.45) is 4.27. The molecule has 1 saturated heterocycles. The normalized spacial score (nSPS) is 23.6. The minimum atomic E-state index is -0.447. The van der Waals surface area contributed by atoms with Gasteiger partial charge >= 0.3 is 6.09 Å². The van der Waals surface area contributed by atoms with E-state index in [-0.39, 0.29) is 28.6 Å². The Hall–Kier alpha value is -1.60. The van der Waals surface area contributed by atoms with E-state index in [1.807, 2.05) is 12.2 Å². The number of fused-ring (bicyclic) bond motifs is 2. The first-order chi connectivity index (χ1) is 9.60. The molecule has 1 aliphatic carbocycles. The number of halogens is 2. The third-order valence-electron chi connectivity index (χ3n) is 3.13. The zero-order chi connectivity index (χ0) is 14.3. The third-order valence-corrected chi connectivity index (χ3v) is 3.47. The molecule has 1 amide bonds. The van der Waals surface area contributed by atoms with E-state index in [4.69, 9.17) is 27.9 Å². The van der Waals surface area contributed by atoms with Gasteiger partial charge in [0.25, 0.3) is 5.95 Å². The van der Waals surface area contributed by atoms with Crippen LogP contribution in [-0.4, -0.2) is 44.7 Å². The smallest absolute Gasteiger partial charge is 0.429 e. The summed E-state index contributed by atoms with van der Waals surface area (Å²) in [4.78, 5) is 23.8. The van der Waals surface area contributed by atoms with Crippen LogP contribution in [0.4, 0.5) is 10.7 Å². The van der Waals surface area contributed by atoms with Gasteiger partial charge in [-0.3, -0.25) is 0 Å². The maximum Gasteiger partial charge on any atom is 0.429 e. The summed E-state index contributed by atoms with van der Waals surface area (Å²) in [7, 11) is 0. The van der Waals surface area contributed by atoms with Crippen LogP contribution >= 0.6 is 23.2 Å². The first kappa shape index (κ1) is 13.4. The molecule has 0 aromatic carbocycles. The van der Waals surface area contributed by atoms with Crippen molar-refractivity contribution in [3.8, 4) is 0 Å². The van der Waals surface area contributed by atoms with Crippen LogP contribution in [0.2, 0.25) is 10.6 Å². The molecule has 2 atom stereocenters. The number of hydrogen-bond acceptors (Lipinski definition) is 6. The Bertz CT molecular complexity index is 562. The van der Waals surface area contributed by atoms with Crippen LogP contribution in [0.5, 0.6) is 0 Å². The first-order valence-electron chi connectivity index (χ1n) is 6.10. The van der Waals surface area contributed by atoms with Gasteiger partial charge in [0.15, 0.2) is 0 Å². The fourth-order valence-corrected chi connectivity index (χ4v) is 2.77. The first-order valence-corrected chi connectivity index (χ1v) is 6.86. The van der Waals surface area contributed by atoms with Crippen molar-refractivity contribution in [1.82, 2.24) is 20.0 Å². The van der Waals surface area contributed by atoms with Gasteiger partial charge in [0, 0.05) is 0 Å². The fourth-order valence-electron chi connectivity index (χ4n) is 2.42. The molecule has 2 aliphatic rings. The molecule has 2 bridgehead atoms. The second-order valence-electron chi connectivity index (χ2n) is 4.32. The quantitative estimate of drug-likeness (QED) is 0.778. The molecule has 1 aliphatic heterocycles. The molecule has 106 valence electrons. The highest BCUT2D eigenvalue weighted by molar-refractivity contribution is 6.31. The van der Waals surface area contributed by atoms with Gasteiger partial charge in [-0.05, 0) is 36.5 Å². The molecule has 0 saturated carbocycles. The van der Waals surface area contributed by atoms with Gasteiger partial charge in [-0.1, -0.05) is 12.2 Å². The summed E-state index contributed by atoms with van der Waals surface area (Å²) >= 11 is 11.6. The Balaban J connectivity index is 1.97. The summed E-state index contributed by atoms with van der Waals surface area (Å²) in [5.41, 5.74) is 0. The van der Waals surface area contributed by atoms with Crippen LogP contribution in [0.25, 0.3) is 0 Å². The van der Waals surface area contributed by atoms with Crippen LogP contribution in [0.15, 0.2) is 12.2 Å². The van der Waals surface area contributed by atoms with Crippen molar-refractivity contribution < 1.29 is 9.53 Å². The number of nitrogens with zero attached hydrogens (tertiary/aromatic N) is 5. The van der Waals surface area contributed by atoms with Gasteiger partial charge in [0.05, 0.1) is 18.7 Å². The Morgan fingerprint density at radius 3 is 2.60 bits per heavy atom. The van der Waals surface area contributed by atoms with Crippen molar-refractivity contribution in [3.05, 3.63) is 22.7 Å². The Morgan fingerprint density at radius 1 is 1.30 bits per heavy atom. The molecule has 9 heteroatoms. The van der Waals surface area contributed by atoms with E-state index in [1.165, 1.54) is 5.01 Å². The lowest BCUT2D eigenvalue weighted by atomic mass is 10.2. The monoisotopic (exact) mass is 315 g/mol. The molecule has 0 N–H and O–H groups in total. The van der Waals surface area contributed by atoms with E-state index in [1.54, 1.807) is 11.9 Å². The number of hydrogen-bond donors (Lipinski definition) is 0. The van der Waals surface area contributed by atoms with E-state index >= 15 is 0 Å². The molecule has 0 spiro atoms. The van der Waals surface area contributed by atoms with E-state index in [0.717, 1.165) is 6.42 Å². The van der Waals surface area contributed by atoms with Gasteiger partial charge in [0.1, 0.15) is 0 Å². The van der Waals surface area contributed by atoms with Crippen LogP contribution in [-0.2, 0) is 4.74 Å². The molecule has 2 unspecified atom stereocenters. The molecule has 1 aromatic heterocycles. The van der Waals surface area contributed by atoms with Gasteiger partial charge in [-0.2, -0.15) is 15.0 Å². The van der Waals surface area contributed by atoms with E-state index < -0.39 is 6.09 Å². The predicted octanol–water partition coefficient (Wildman–Crippen LogP) is 2.07. The maximum atomic E-state index is 12.1. The molecule has 0 radical (unpaired) electrons. The van der Waals surface area contributed by atoms with Crippen molar-refractivity contribution in [2.75, 3.05) is 11.6 Å². The fraction of sp³-hybridized carbons (Fsp3) is 0.455. The average molecular weight is 316 g/mol. The van der Waals surface area contributed by atoms with E-state index in [0.29, 0.717) is 6.61 Å². The summed E-state index contributed by atoms with van der Waals surface area (Å²) in [5.74, 6) is 0.236. The van der Waals surface area contributed by atoms with Crippen molar-refractivity contribution in [1.29, 1.82) is 0 Å². The number of ether oxygens (including phenoxy) is 1. The minimum Gasteiger partial charge on any atom is -0.448 e. The Morgan fingerprint density at radius 2 is 1.95 bits per heavy atom. The van der Waals surface area contributed by atoms with E-state index in [2.05, 4.69) is 15.0 Å². The third kappa shape index (κ3) is 2.16. The van der Waals surface area contributed by atoms with Crippen LogP contribution in [0, 0.1) is 0 Å². The number of hydrazine groups is 1. The second kappa shape index (κ2) is 5.06. The van der Waals surface area contributed by atoms with Gasteiger partial charge in [-0.15, -0.1) is 0 Å². The highest BCUT2D eigenvalue weighted by atomic mass is 35.5. The SMILES string of the molecule is CCOC(=O)N1C2C=CC(C2)N1c1nc(Cl)nc(Cl)n1. The van der Waals surface area contributed by atoms with Crippen LogP contribution < -0.4 is 5.01 Å². The molecular formula is C11H11Cl2N5O2. The molecule has 20 heavy (non-hydrogen) atoms.